The van der Waals surface area contributed by atoms with Crippen molar-refractivity contribution in [1.29, 1.82) is 0 Å². The molecule has 0 aliphatic carbocycles. The normalized spacial score (nSPS) is 12.2. The molecule has 0 saturated heterocycles. The van der Waals surface area contributed by atoms with Crippen LogP contribution in [-0.4, -0.2) is 19.1 Å². The Labute approximate surface area is 306 Å². The minimum absolute atomic E-state index is 0.887. The molecule has 0 fully saturated rings. The van der Waals surface area contributed by atoms with Crippen LogP contribution < -0.4 is 0 Å². The molecule has 0 N–H and O–H groups in total. The van der Waals surface area contributed by atoms with Crippen molar-refractivity contribution in [2.75, 3.05) is 0 Å². The summed E-state index contributed by atoms with van der Waals surface area (Å²) in [5.41, 5.74) is 14.3. The second-order valence-electron chi connectivity index (χ2n) is 13.9. The van der Waals surface area contributed by atoms with Gasteiger partial charge in [-0.25, -0.2) is 0 Å². The molecule has 0 aliphatic heterocycles. The summed E-state index contributed by atoms with van der Waals surface area (Å²) >= 11 is 1.80. The van der Waals surface area contributed by atoms with E-state index >= 15 is 0 Å². The highest BCUT2D eigenvalue weighted by Crippen LogP contribution is 2.40. The molecule has 248 valence electrons. The third-order valence-corrected chi connectivity index (χ3v) is 12.2. The predicted octanol–water partition coefficient (Wildman–Crippen LogP) is 12.8. The highest BCUT2D eigenvalue weighted by atomic mass is 32.1. The molecule has 0 radical (unpaired) electrons. The monoisotopic (exact) mass is 696 g/mol. The van der Waals surface area contributed by atoms with Gasteiger partial charge in [0.2, 0.25) is 0 Å². The van der Waals surface area contributed by atoms with Crippen molar-refractivity contribution in [3.8, 4) is 27.9 Å². The van der Waals surface area contributed by atoms with Gasteiger partial charge in [0.15, 0.2) is 0 Å². The van der Waals surface area contributed by atoms with Crippen LogP contribution in [0.3, 0.4) is 0 Å². The molecule has 6 aromatic carbocycles. The van der Waals surface area contributed by atoms with E-state index < -0.39 is 0 Å². The highest BCUT2D eigenvalue weighted by molar-refractivity contribution is 7.25. The van der Waals surface area contributed by atoms with Gasteiger partial charge in [-0.2, -0.15) is 0 Å². The summed E-state index contributed by atoms with van der Waals surface area (Å²) < 4.78 is 13.4. The molecule has 0 aliphatic rings. The maximum Gasteiger partial charge on any atom is 0.135 e. The number of aromatic nitrogens is 4. The van der Waals surface area contributed by atoms with Crippen LogP contribution in [0.25, 0.3) is 114 Å². The summed E-state index contributed by atoms with van der Waals surface area (Å²) in [6.07, 6.45) is 3.76. The Balaban J connectivity index is 0.993. The van der Waals surface area contributed by atoms with E-state index in [9.17, 15) is 0 Å². The fourth-order valence-corrected chi connectivity index (χ4v) is 9.54. The minimum atomic E-state index is 0.887. The zero-order valence-corrected chi connectivity index (χ0v) is 29.4. The number of hydrogen-bond donors (Lipinski definition) is 0. The molecule has 6 heterocycles. The number of hydrogen-bond acceptors (Lipinski definition) is 4. The van der Waals surface area contributed by atoms with E-state index in [1.54, 1.807) is 11.3 Å². The van der Waals surface area contributed by atoms with E-state index in [1.165, 1.54) is 47.7 Å². The summed E-state index contributed by atoms with van der Waals surface area (Å²) in [6, 6.07) is 50.4. The standard InChI is InChI=1S/C47H28N4OS/c1-50-38-15-10-28(25-36(38)46-41(50)8-4-20-48-46)30-13-18-43-35(24-30)34-23-29(12-17-42(34)52-43)27-11-16-40-33(22-27)32-6-2-3-7-39(32)51(40)31-14-19-44-37(26-31)47-45(53-44)9-5-21-49-47/h2-26H,1H3. The first-order chi connectivity index (χ1) is 26.2. The Morgan fingerprint density at radius 3 is 1.87 bits per heavy atom. The zero-order chi connectivity index (χ0) is 34.8. The quantitative estimate of drug-likeness (QED) is 0.185. The average Bonchev–Trinajstić information content (AvgIpc) is 3.95. The van der Waals surface area contributed by atoms with Crippen molar-refractivity contribution in [3.63, 3.8) is 0 Å². The van der Waals surface area contributed by atoms with Crippen LogP contribution in [-0.2, 0) is 7.05 Å². The number of benzene rings is 6. The largest absolute Gasteiger partial charge is 0.456 e. The second kappa shape index (κ2) is 10.6. The van der Waals surface area contributed by atoms with Crippen LogP contribution in [0.2, 0.25) is 0 Å². The van der Waals surface area contributed by atoms with Gasteiger partial charge < -0.3 is 13.6 Å². The SMILES string of the molecule is Cn1c2ccc(-c3ccc4oc5ccc(-c6ccc7c(c6)c6ccccc6n7-c6ccc7sc8cccnc8c7c6)cc5c4c3)cc2c2ncccc21. The molecule has 12 rings (SSSR count). The molecule has 0 saturated carbocycles. The van der Waals surface area contributed by atoms with Crippen LogP contribution in [0.1, 0.15) is 0 Å². The summed E-state index contributed by atoms with van der Waals surface area (Å²) in [5, 5.41) is 7.04. The molecular formula is C47H28N4OS. The Morgan fingerprint density at radius 1 is 0.453 bits per heavy atom. The van der Waals surface area contributed by atoms with Gasteiger partial charge >= 0.3 is 0 Å². The van der Waals surface area contributed by atoms with Crippen molar-refractivity contribution >= 4 is 97.3 Å². The van der Waals surface area contributed by atoms with Gasteiger partial charge in [-0.3, -0.25) is 9.97 Å². The van der Waals surface area contributed by atoms with E-state index in [2.05, 4.69) is 144 Å². The lowest BCUT2D eigenvalue weighted by atomic mass is 9.98. The molecular weight excluding hydrogens is 669 g/mol. The molecule has 12 aromatic rings. The zero-order valence-electron chi connectivity index (χ0n) is 28.5. The molecule has 53 heavy (non-hydrogen) atoms. The Kier molecular flexibility index (Phi) is 5.80. The first kappa shape index (κ1) is 28.9. The van der Waals surface area contributed by atoms with Gasteiger partial charge in [0.05, 0.1) is 37.8 Å². The first-order valence-electron chi connectivity index (χ1n) is 17.8. The van der Waals surface area contributed by atoms with Gasteiger partial charge in [-0.05, 0) is 119 Å². The van der Waals surface area contributed by atoms with Gasteiger partial charge in [-0.1, -0.05) is 42.5 Å². The van der Waals surface area contributed by atoms with Crippen LogP contribution in [0, 0.1) is 0 Å². The number of pyridine rings is 2. The van der Waals surface area contributed by atoms with Crippen LogP contribution in [0.15, 0.2) is 156 Å². The lowest BCUT2D eigenvalue weighted by Crippen LogP contribution is -1.93. The second-order valence-corrected chi connectivity index (χ2v) is 15.0. The predicted molar refractivity (Wildman–Crippen MR) is 221 cm³/mol. The molecule has 6 aromatic heterocycles. The van der Waals surface area contributed by atoms with E-state index in [0.717, 1.165) is 66.3 Å². The minimum Gasteiger partial charge on any atom is -0.456 e. The first-order valence-corrected chi connectivity index (χ1v) is 18.6. The number of thiophene rings is 1. The number of para-hydroxylation sites is 1. The number of rotatable bonds is 3. The van der Waals surface area contributed by atoms with E-state index in [0.29, 0.717) is 0 Å². The number of furan rings is 1. The summed E-state index contributed by atoms with van der Waals surface area (Å²) in [6.45, 7) is 0. The van der Waals surface area contributed by atoms with E-state index in [-0.39, 0.29) is 0 Å². The average molecular weight is 697 g/mol. The third-order valence-electron chi connectivity index (χ3n) is 11.0. The van der Waals surface area contributed by atoms with E-state index in [4.69, 9.17) is 14.4 Å². The molecule has 6 heteroatoms. The molecule has 5 nitrogen and oxygen atoms in total. The van der Waals surface area contributed by atoms with Crippen molar-refractivity contribution in [2.45, 2.75) is 0 Å². The number of aryl methyl sites for hydroxylation is 1. The number of nitrogens with zero attached hydrogens (tertiary/aromatic N) is 4. The van der Waals surface area contributed by atoms with Gasteiger partial charge in [0.25, 0.3) is 0 Å². The Bertz CT molecular complexity index is 3490. The van der Waals surface area contributed by atoms with Crippen molar-refractivity contribution in [3.05, 3.63) is 152 Å². The topological polar surface area (TPSA) is 48.8 Å². The van der Waals surface area contributed by atoms with Crippen LogP contribution >= 0.6 is 11.3 Å². The van der Waals surface area contributed by atoms with Crippen molar-refractivity contribution < 1.29 is 4.42 Å². The summed E-state index contributed by atoms with van der Waals surface area (Å²) in [7, 11) is 2.10. The van der Waals surface area contributed by atoms with Gasteiger partial charge in [0, 0.05) is 62.1 Å². The maximum absolute atomic E-state index is 6.38. The molecule has 0 spiro atoms. The summed E-state index contributed by atoms with van der Waals surface area (Å²) in [4.78, 5) is 9.45. The fraction of sp³-hybridized carbons (Fsp3) is 0.0213. The molecule has 0 atom stereocenters. The van der Waals surface area contributed by atoms with Gasteiger partial charge in [-0.15, -0.1) is 11.3 Å². The van der Waals surface area contributed by atoms with E-state index in [1.807, 2.05) is 24.5 Å². The van der Waals surface area contributed by atoms with Crippen molar-refractivity contribution in [1.82, 2.24) is 19.1 Å². The van der Waals surface area contributed by atoms with Gasteiger partial charge in [0.1, 0.15) is 11.2 Å². The molecule has 0 unspecified atom stereocenters. The number of fused-ring (bicyclic) bond motifs is 12. The fourth-order valence-electron chi connectivity index (χ4n) is 8.49. The van der Waals surface area contributed by atoms with Crippen molar-refractivity contribution in [2.24, 2.45) is 7.05 Å². The molecule has 0 amide bonds. The van der Waals surface area contributed by atoms with Crippen LogP contribution in [0.4, 0.5) is 0 Å². The summed E-state index contributed by atoms with van der Waals surface area (Å²) in [5.74, 6) is 0. The highest BCUT2D eigenvalue weighted by Gasteiger charge is 2.17. The molecule has 0 bridgehead atoms. The van der Waals surface area contributed by atoms with Crippen LogP contribution in [0.5, 0.6) is 0 Å². The Morgan fingerprint density at radius 2 is 1.08 bits per heavy atom. The smallest absolute Gasteiger partial charge is 0.135 e. The maximum atomic E-state index is 6.38. The third kappa shape index (κ3) is 4.12. The lowest BCUT2D eigenvalue weighted by Gasteiger charge is -2.09. The lowest BCUT2D eigenvalue weighted by molar-refractivity contribution is 0.669. The Hall–Kier alpha value is -6.76.